The normalized spacial score (nSPS) is 11.4. The minimum atomic E-state index is 0.299. The lowest BCUT2D eigenvalue weighted by Crippen LogP contribution is -2.03. The van der Waals surface area contributed by atoms with Gasteiger partial charge in [0.15, 0.2) is 0 Å². The highest BCUT2D eigenvalue weighted by atomic mass is 16.5. The molecule has 0 saturated carbocycles. The van der Waals surface area contributed by atoms with Crippen molar-refractivity contribution in [1.82, 2.24) is 24.7 Å². The molecule has 0 radical (unpaired) electrons. The Bertz CT molecular complexity index is 1090. The van der Waals surface area contributed by atoms with Gasteiger partial charge >= 0.3 is 0 Å². The standard InChI is InChI=1S/C24H27N5O/c1-16(2)24-25-13-20(14-26-24)23-22(19-9-6-5-7-10-19)27-15-29(23)12-8-11-21-17(3)28-30-18(21)4/h5-7,9-10,13-16H,8,11-12H2,1-4H3. The number of hydrogen-bond acceptors (Lipinski definition) is 5. The van der Waals surface area contributed by atoms with Gasteiger partial charge in [-0.15, -0.1) is 0 Å². The van der Waals surface area contributed by atoms with Crippen LogP contribution in [0, 0.1) is 13.8 Å². The number of rotatable bonds is 7. The van der Waals surface area contributed by atoms with Gasteiger partial charge in [-0.05, 0) is 26.7 Å². The Labute approximate surface area is 177 Å². The van der Waals surface area contributed by atoms with Crippen LogP contribution in [0.2, 0.25) is 0 Å². The molecular formula is C24H27N5O. The van der Waals surface area contributed by atoms with E-state index in [0.717, 1.165) is 59.2 Å². The fraction of sp³-hybridized carbons (Fsp3) is 0.333. The first-order valence-electron chi connectivity index (χ1n) is 10.4. The molecule has 0 aliphatic carbocycles. The van der Waals surface area contributed by atoms with Gasteiger partial charge in [0.2, 0.25) is 0 Å². The van der Waals surface area contributed by atoms with Crippen molar-refractivity contribution >= 4 is 0 Å². The molecule has 0 saturated heterocycles. The van der Waals surface area contributed by atoms with Crippen molar-refractivity contribution in [3.8, 4) is 22.5 Å². The summed E-state index contributed by atoms with van der Waals surface area (Å²) in [6, 6.07) is 10.3. The molecule has 0 N–H and O–H groups in total. The van der Waals surface area contributed by atoms with Gasteiger partial charge in [-0.25, -0.2) is 15.0 Å². The lowest BCUT2D eigenvalue weighted by molar-refractivity contribution is 0.392. The molecule has 0 unspecified atom stereocenters. The van der Waals surface area contributed by atoms with Crippen molar-refractivity contribution in [2.24, 2.45) is 0 Å². The van der Waals surface area contributed by atoms with Crippen molar-refractivity contribution in [1.29, 1.82) is 0 Å². The molecule has 154 valence electrons. The van der Waals surface area contributed by atoms with Gasteiger partial charge in [0, 0.05) is 41.5 Å². The molecule has 0 fully saturated rings. The first kappa shape index (κ1) is 20.0. The zero-order valence-electron chi connectivity index (χ0n) is 18.0. The molecule has 0 atom stereocenters. The Kier molecular flexibility index (Phi) is 5.74. The van der Waals surface area contributed by atoms with E-state index >= 15 is 0 Å². The van der Waals surface area contributed by atoms with Gasteiger partial charge in [0.25, 0.3) is 0 Å². The van der Waals surface area contributed by atoms with Gasteiger partial charge in [-0.1, -0.05) is 49.3 Å². The average Bonchev–Trinajstić information content (AvgIpc) is 3.32. The Hall–Kier alpha value is -3.28. The van der Waals surface area contributed by atoms with E-state index in [1.54, 1.807) is 0 Å². The second-order valence-electron chi connectivity index (χ2n) is 7.89. The summed E-state index contributed by atoms with van der Waals surface area (Å²) in [4.78, 5) is 13.9. The summed E-state index contributed by atoms with van der Waals surface area (Å²) in [7, 11) is 0. The van der Waals surface area contributed by atoms with Crippen LogP contribution in [0.5, 0.6) is 0 Å². The molecule has 0 bridgehead atoms. The Morgan fingerprint density at radius 2 is 1.70 bits per heavy atom. The highest BCUT2D eigenvalue weighted by Gasteiger charge is 2.17. The number of hydrogen-bond donors (Lipinski definition) is 0. The van der Waals surface area contributed by atoms with E-state index in [4.69, 9.17) is 9.51 Å². The van der Waals surface area contributed by atoms with Crippen molar-refractivity contribution in [3.63, 3.8) is 0 Å². The molecule has 4 aromatic rings. The van der Waals surface area contributed by atoms with E-state index < -0.39 is 0 Å². The van der Waals surface area contributed by atoms with Crippen molar-refractivity contribution in [2.75, 3.05) is 0 Å². The molecule has 3 heterocycles. The summed E-state index contributed by atoms with van der Waals surface area (Å²) in [5, 5.41) is 4.06. The fourth-order valence-corrected chi connectivity index (χ4v) is 3.71. The summed E-state index contributed by atoms with van der Waals surface area (Å²) in [6.45, 7) is 9.01. The second-order valence-corrected chi connectivity index (χ2v) is 7.89. The number of aryl methyl sites for hydroxylation is 3. The molecule has 6 nitrogen and oxygen atoms in total. The lowest BCUT2D eigenvalue weighted by Gasteiger charge is -2.11. The predicted octanol–water partition coefficient (Wildman–Crippen LogP) is 5.37. The molecule has 0 spiro atoms. The van der Waals surface area contributed by atoms with Crippen molar-refractivity contribution in [3.05, 3.63) is 71.9 Å². The van der Waals surface area contributed by atoms with Crippen LogP contribution in [0.4, 0.5) is 0 Å². The first-order valence-corrected chi connectivity index (χ1v) is 10.4. The molecule has 0 aliphatic rings. The molecule has 30 heavy (non-hydrogen) atoms. The fourth-order valence-electron chi connectivity index (χ4n) is 3.71. The van der Waals surface area contributed by atoms with Crippen molar-refractivity contribution < 1.29 is 4.52 Å². The van der Waals surface area contributed by atoms with Crippen LogP contribution in [0.25, 0.3) is 22.5 Å². The zero-order valence-corrected chi connectivity index (χ0v) is 18.0. The SMILES string of the molecule is Cc1noc(C)c1CCCn1cnc(-c2ccccc2)c1-c1cnc(C(C)C)nc1. The van der Waals surface area contributed by atoms with E-state index in [1.807, 2.05) is 50.8 Å². The molecular weight excluding hydrogens is 374 g/mol. The Morgan fingerprint density at radius 1 is 0.967 bits per heavy atom. The highest BCUT2D eigenvalue weighted by Crippen LogP contribution is 2.31. The van der Waals surface area contributed by atoms with Crippen LogP contribution in [0.3, 0.4) is 0 Å². The third kappa shape index (κ3) is 4.03. The van der Waals surface area contributed by atoms with Crippen LogP contribution in [0.15, 0.2) is 53.6 Å². The second kappa shape index (κ2) is 8.61. The minimum Gasteiger partial charge on any atom is -0.361 e. The van der Waals surface area contributed by atoms with Gasteiger partial charge in [0.05, 0.1) is 23.4 Å². The van der Waals surface area contributed by atoms with Gasteiger partial charge in [-0.2, -0.15) is 0 Å². The molecule has 3 aromatic heterocycles. The smallest absolute Gasteiger partial charge is 0.137 e. The van der Waals surface area contributed by atoms with Gasteiger partial charge < -0.3 is 9.09 Å². The predicted molar refractivity (Wildman–Crippen MR) is 117 cm³/mol. The largest absolute Gasteiger partial charge is 0.361 e. The summed E-state index contributed by atoms with van der Waals surface area (Å²) in [5.74, 6) is 2.05. The van der Waals surface area contributed by atoms with E-state index in [9.17, 15) is 0 Å². The third-order valence-electron chi connectivity index (χ3n) is 5.35. The van der Waals surface area contributed by atoms with Crippen LogP contribution < -0.4 is 0 Å². The summed E-state index contributed by atoms with van der Waals surface area (Å²) in [5.41, 5.74) is 6.24. The molecule has 4 rings (SSSR count). The quantitative estimate of drug-likeness (QED) is 0.416. The molecule has 6 heteroatoms. The highest BCUT2D eigenvalue weighted by molar-refractivity contribution is 5.77. The number of benzene rings is 1. The van der Waals surface area contributed by atoms with E-state index in [2.05, 4.69) is 45.7 Å². The van der Waals surface area contributed by atoms with E-state index in [0.29, 0.717) is 5.92 Å². The zero-order chi connectivity index (χ0) is 21.1. The van der Waals surface area contributed by atoms with Crippen LogP contribution >= 0.6 is 0 Å². The number of aromatic nitrogens is 5. The topological polar surface area (TPSA) is 69.6 Å². The maximum Gasteiger partial charge on any atom is 0.137 e. The van der Waals surface area contributed by atoms with Gasteiger partial charge in [0.1, 0.15) is 11.6 Å². The minimum absolute atomic E-state index is 0.299. The molecule has 1 aromatic carbocycles. The lowest BCUT2D eigenvalue weighted by atomic mass is 10.1. The number of imidazole rings is 1. The van der Waals surface area contributed by atoms with E-state index in [1.165, 1.54) is 5.56 Å². The molecule has 0 amide bonds. The number of nitrogens with zero attached hydrogens (tertiary/aromatic N) is 5. The van der Waals surface area contributed by atoms with Crippen molar-refractivity contribution in [2.45, 2.75) is 53.0 Å². The Morgan fingerprint density at radius 3 is 2.33 bits per heavy atom. The Balaban J connectivity index is 1.65. The maximum absolute atomic E-state index is 5.30. The van der Waals surface area contributed by atoms with Crippen LogP contribution in [-0.2, 0) is 13.0 Å². The van der Waals surface area contributed by atoms with Crippen LogP contribution in [0.1, 0.15) is 49.0 Å². The summed E-state index contributed by atoms with van der Waals surface area (Å²) < 4.78 is 7.50. The first-order chi connectivity index (χ1) is 14.5. The van der Waals surface area contributed by atoms with Gasteiger partial charge in [-0.3, -0.25) is 0 Å². The summed E-state index contributed by atoms with van der Waals surface area (Å²) >= 11 is 0. The molecule has 0 aliphatic heterocycles. The monoisotopic (exact) mass is 401 g/mol. The third-order valence-corrected chi connectivity index (χ3v) is 5.35. The maximum atomic E-state index is 5.30. The van der Waals surface area contributed by atoms with Crippen LogP contribution in [-0.4, -0.2) is 24.7 Å². The van der Waals surface area contributed by atoms with E-state index in [-0.39, 0.29) is 0 Å². The average molecular weight is 402 g/mol. The summed E-state index contributed by atoms with van der Waals surface area (Å²) in [6.07, 6.45) is 7.63.